The van der Waals surface area contributed by atoms with Crippen LogP contribution in [0.15, 0.2) is 36.4 Å². The number of para-hydroxylation sites is 1. The molecule has 0 aromatic heterocycles. The van der Waals surface area contributed by atoms with E-state index in [0.29, 0.717) is 16.8 Å². The van der Waals surface area contributed by atoms with Gasteiger partial charge in [-0.15, -0.1) is 0 Å². The van der Waals surface area contributed by atoms with Crippen LogP contribution < -0.4 is 5.73 Å². The fourth-order valence-corrected chi connectivity index (χ4v) is 1.68. The maximum atomic E-state index is 13.2. The number of benzene rings is 2. The molecule has 0 fully saturated rings. The smallest absolute Gasteiger partial charge is 0.177 e. The number of hydrogen-bond acceptors (Lipinski definition) is 1. The van der Waals surface area contributed by atoms with Crippen LogP contribution in [0.1, 0.15) is 0 Å². The van der Waals surface area contributed by atoms with Crippen molar-refractivity contribution in [2.24, 2.45) is 0 Å². The van der Waals surface area contributed by atoms with E-state index in [4.69, 9.17) is 17.3 Å². The lowest BCUT2D eigenvalue weighted by molar-refractivity contribution is 0.509. The third-order valence-electron chi connectivity index (χ3n) is 2.26. The summed E-state index contributed by atoms with van der Waals surface area (Å²) >= 11 is 5.57. The lowest BCUT2D eigenvalue weighted by Crippen LogP contribution is -1.92. The summed E-state index contributed by atoms with van der Waals surface area (Å²) in [6.45, 7) is 0. The van der Waals surface area contributed by atoms with Crippen molar-refractivity contribution in [1.29, 1.82) is 0 Å². The molecule has 0 heterocycles. The third kappa shape index (κ3) is 1.86. The Morgan fingerprint density at radius 1 is 1.06 bits per heavy atom. The summed E-state index contributed by atoms with van der Waals surface area (Å²) < 4.78 is 26.1. The molecule has 0 amide bonds. The quantitative estimate of drug-likeness (QED) is 0.593. The Labute approximate surface area is 96.5 Å². The lowest BCUT2D eigenvalue weighted by atomic mass is 10.0. The second kappa shape index (κ2) is 4.10. The SMILES string of the molecule is Nc1ccccc1-c1cc(F)c(F)c(Cl)c1. The molecule has 0 bridgehead atoms. The zero-order valence-corrected chi connectivity index (χ0v) is 8.93. The van der Waals surface area contributed by atoms with E-state index in [1.54, 1.807) is 24.3 Å². The average Bonchev–Trinajstić information content (AvgIpc) is 2.26. The number of nitrogens with two attached hydrogens (primary N) is 1. The topological polar surface area (TPSA) is 26.0 Å². The van der Waals surface area contributed by atoms with Crippen LogP contribution >= 0.6 is 11.6 Å². The van der Waals surface area contributed by atoms with E-state index in [1.807, 2.05) is 0 Å². The molecule has 82 valence electrons. The first-order chi connectivity index (χ1) is 7.59. The summed E-state index contributed by atoms with van der Waals surface area (Å²) in [5.74, 6) is -2.02. The molecule has 2 rings (SSSR count). The van der Waals surface area contributed by atoms with Crippen molar-refractivity contribution in [2.75, 3.05) is 5.73 Å². The van der Waals surface area contributed by atoms with Gasteiger partial charge in [0.2, 0.25) is 0 Å². The largest absolute Gasteiger partial charge is 0.398 e. The van der Waals surface area contributed by atoms with Gasteiger partial charge in [0, 0.05) is 11.3 Å². The normalized spacial score (nSPS) is 10.4. The minimum absolute atomic E-state index is 0.252. The van der Waals surface area contributed by atoms with Gasteiger partial charge in [0.05, 0.1) is 5.02 Å². The van der Waals surface area contributed by atoms with Gasteiger partial charge < -0.3 is 5.73 Å². The van der Waals surface area contributed by atoms with Gasteiger partial charge >= 0.3 is 0 Å². The minimum atomic E-state index is -1.04. The van der Waals surface area contributed by atoms with Gasteiger partial charge in [0.1, 0.15) is 0 Å². The maximum Gasteiger partial charge on any atom is 0.177 e. The maximum absolute atomic E-state index is 13.2. The predicted molar refractivity (Wildman–Crippen MR) is 61.2 cm³/mol. The highest BCUT2D eigenvalue weighted by Crippen LogP contribution is 2.30. The highest BCUT2D eigenvalue weighted by Gasteiger charge is 2.11. The standard InChI is InChI=1S/C12H8ClF2N/c13-9-5-7(6-10(14)12(9)15)8-3-1-2-4-11(8)16/h1-6H,16H2. The van der Waals surface area contributed by atoms with Gasteiger partial charge in [0.25, 0.3) is 0 Å². The van der Waals surface area contributed by atoms with Crippen molar-refractivity contribution in [1.82, 2.24) is 0 Å². The van der Waals surface area contributed by atoms with Crippen molar-refractivity contribution in [3.8, 4) is 11.1 Å². The van der Waals surface area contributed by atoms with Gasteiger partial charge in [-0.3, -0.25) is 0 Å². The molecule has 0 atom stereocenters. The molecule has 0 aliphatic carbocycles. The first-order valence-corrected chi connectivity index (χ1v) is 4.97. The summed E-state index contributed by atoms with van der Waals surface area (Å²) in [5.41, 5.74) is 7.31. The van der Waals surface area contributed by atoms with Crippen molar-refractivity contribution in [3.63, 3.8) is 0 Å². The minimum Gasteiger partial charge on any atom is -0.398 e. The van der Waals surface area contributed by atoms with E-state index < -0.39 is 11.6 Å². The van der Waals surface area contributed by atoms with Crippen LogP contribution in [0.4, 0.5) is 14.5 Å². The molecule has 0 unspecified atom stereocenters. The Kier molecular flexibility index (Phi) is 2.79. The molecule has 0 spiro atoms. The van der Waals surface area contributed by atoms with E-state index >= 15 is 0 Å². The summed E-state index contributed by atoms with van der Waals surface area (Å²) in [4.78, 5) is 0. The van der Waals surface area contributed by atoms with Crippen LogP contribution in [0.5, 0.6) is 0 Å². The number of halogens is 3. The lowest BCUT2D eigenvalue weighted by Gasteiger charge is -2.06. The zero-order chi connectivity index (χ0) is 11.7. The summed E-state index contributed by atoms with van der Waals surface area (Å²) in [6, 6.07) is 9.36. The van der Waals surface area contributed by atoms with E-state index in [9.17, 15) is 8.78 Å². The fraction of sp³-hybridized carbons (Fsp3) is 0. The molecule has 2 N–H and O–H groups in total. The molecule has 0 saturated carbocycles. The van der Waals surface area contributed by atoms with Crippen LogP contribution in [-0.4, -0.2) is 0 Å². The van der Waals surface area contributed by atoms with E-state index in [0.717, 1.165) is 6.07 Å². The molecule has 0 aliphatic heterocycles. The summed E-state index contributed by atoms with van der Waals surface area (Å²) in [6.07, 6.45) is 0. The Hall–Kier alpha value is -1.61. The second-order valence-corrected chi connectivity index (χ2v) is 3.75. The summed E-state index contributed by atoms with van der Waals surface area (Å²) in [7, 11) is 0. The van der Waals surface area contributed by atoms with Crippen LogP contribution in [0.25, 0.3) is 11.1 Å². The molecule has 0 saturated heterocycles. The van der Waals surface area contributed by atoms with Crippen molar-refractivity contribution in [2.45, 2.75) is 0 Å². The van der Waals surface area contributed by atoms with Gasteiger partial charge in [-0.2, -0.15) is 0 Å². The molecule has 2 aromatic carbocycles. The van der Waals surface area contributed by atoms with Gasteiger partial charge in [-0.25, -0.2) is 8.78 Å². The first-order valence-electron chi connectivity index (χ1n) is 4.59. The average molecular weight is 240 g/mol. The number of anilines is 1. The van der Waals surface area contributed by atoms with E-state index in [1.165, 1.54) is 6.07 Å². The third-order valence-corrected chi connectivity index (χ3v) is 2.53. The summed E-state index contributed by atoms with van der Waals surface area (Å²) in [5, 5.41) is -0.252. The van der Waals surface area contributed by atoms with Crippen molar-refractivity contribution < 1.29 is 8.78 Å². The van der Waals surface area contributed by atoms with Crippen LogP contribution in [0, 0.1) is 11.6 Å². The Morgan fingerprint density at radius 3 is 2.38 bits per heavy atom. The van der Waals surface area contributed by atoms with E-state index in [-0.39, 0.29) is 5.02 Å². The Bertz CT molecular complexity index is 517. The highest BCUT2D eigenvalue weighted by molar-refractivity contribution is 6.31. The molecule has 4 heteroatoms. The number of rotatable bonds is 1. The van der Waals surface area contributed by atoms with Crippen molar-refractivity contribution >= 4 is 17.3 Å². The zero-order valence-electron chi connectivity index (χ0n) is 8.18. The van der Waals surface area contributed by atoms with Gasteiger partial charge in [0.15, 0.2) is 11.6 Å². The van der Waals surface area contributed by atoms with Crippen LogP contribution in [0.3, 0.4) is 0 Å². The highest BCUT2D eigenvalue weighted by atomic mass is 35.5. The van der Waals surface area contributed by atoms with Gasteiger partial charge in [-0.05, 0) is 23.8 Å². The predicted octanol–water partition coefficient (Wildman–Crippen LogP) is 3.87. The molecule has 0 radical (unpaired) electrons. The second-order valence-electron chi connectivity index (χ2n) is 3.34. The van der Waals surface area contributed by atoms with Crippen molar-refractivity contribution in [3.05, 3.63) is 53.1 Å². The van der Waals surface area contributed by atoms with Crippen LogP contribution in [0.2, 0.25) is 5.02 Å². The molecule has 16 heavy (non-hydrogen) atoms. The Morgan fingerprint density at radius 2 is 1.75 bits per heavy atom. The monoisotopic (exact) mass is 239 g/mol. The van der Waals surface area contributed by atoms with E-state index in [2.05, 4.69) is 0 Å². The van der Waals surface area contributed by atoms with Crippen LogP contribution in [-0.2, 0) is 0 Å². The molecule has 0 aliphatic rings. The molecular formula is C12H8ClF2N. The Balaban J connectivity index is 2.62. The number of nitrogen functional groups attached to an aromatic ring is 1. The van der Waals surface area contributed by atoms with Gasteiger partial charge in [-0.1, -0.05) is 29.8 Å². The molecule has 2 aromatic rings. The number of hydrogen-bond donors (Lipinski definition) is 1. The molecule has 1 nitrogen and oxygen atoms in total. The molecular weight excluding hydrogens is 232 g/mol. The fourth-order valence-electron chi connectivity index (χ4n) is 1.47. The first kappa shape index (κ1) is 10.9.